The van der Waals surface area contributed by atoms with Crippen LogP contribution in [0, 0.1) is 0 Å². The summed E-state index contributed by atoms with van der Waals surface area (Å²) < 4.78 is 8.71. The lowest BCUT2D eigenvalue weighted by molar-refractivity contribution is 0.0407. The van der Waals surface area contributed by atoms with E-state index in [1.165, 1.54) is 0 Å². The number of nitrogens with zero attached hydrogens (tertiary/aromatic N) is 2. The summed E-state index contributed by atoms with van der Waals surface area (Å²) in [5.74, 6) is 0. The molecule has 1 aromatic carbocycles. The van der Waals surface area contributed by atoms with Crippen LogP contribution < -0.4 is 5.73 Å². The normalized spacial score (nSPS) is 14.2. The maximum Gasteiger partial charge on any atom is 0.103 e. The van der Waals surface area contributed by atoms with Gasteiger partial charge in [-0.25, -0.2) is 0 Å². The number of aromatic nitrogens is 2. The zero-order valence-corrected chi connectivity index (χ0v) is 13.4. The number of aryl methyl sites for hydroxylation is 1. The minimum atomic E-state index is -0.269. The van der Waals surface area contributed by atoms with Gasteiger partial charge in [0.05, 0.1) is 22.4 Å². The number of rotatable bonds is 6. The summed E-state index contributed by atoms with van der Waals surface area (Å²) in [5, 5.41) is 4.33. The number of halogens is 1. The van der Waals surface area contributed by atoms with Crippen molar-refractivity contribution in [3.63, 3.8) is 0 Å². The van der Waals surface area contributed by atoms with E-state index in [-0.39, 0.29) is 12.1 Å². The Morgan fingerprint density at radius 2 is 2.00 bits per heavy atom. The Bertz CT molecular complexity index is 541. The van der Waals surface area contributed by atoms with E-state index in [1.54, 1.807) is 6.20 Å². The monoisotopic (exact) mass is 337 g/mol. The smallest absolute Gasteiger partial charge is 0.103 e. The molecule has 0 bridgehead atoms. The highest BCUT2D eigenvalue weighted by molar-refractivity contribution is 9.10. The summed E-state index contributed by atoms with van der Waals surface area (Å²) in [6.07, 6.45) is 1.60. The summed E-state index contributed by atoms with van der Waals surface area (Å²) in [5.41, 5.74) is 8.51. The van der Waals surface area contributed by atoms with Gasteiger partial charge in [0.2, 0.25) is 0 Å². The van der Waals surface area contributed by atoms with Crippen molar-refractivity contribution in [3.8, 4) is 0 Å². The lowest BCUT2D eigenvalue weighted by Crippen LogP contribution is -2.25. The van der Waals surface area contributed by atoms with Crippen LogP contribution in [0.3, 0.4) is 0 Å². The molecule has 2 unspecified atom stereocenters. The van der Waals surface area contributed by atoms with Gasteiger partial charge in [-0.05, 0) is 35.3 Å². The third kappa shape index (κ3) is 3.11. The lowest BCUT2D eigenvalue weighted by atomic mass is 10.00. The third-order valence-corrected chi connectivity index (χ3v) is 3.86. The first-order valence-corrected chi connectivity index (χ1v) is 7.61. The van der Waals surface area contributed by atoms with Crippen LogP contribution in [0.2, 0.25) is 0 Å². The molecule has 2 N–H and O–H groups in total. The van der Waals surface area contributed by atoms with E-state index in [4.69, 9.17) is 10.5 Å². The molecule has 1 heterocycles. The Morgan fingerprint density at radius 1 is 1.30 bits per heavy atom. The molecule has 0 fully saturated rings. The Hall–Kier alpha value is -1.17. The van der Waals surface area contributed by atoms with E-state index in [0.717, 1.165) is 22.3 Å². The van der Waals surface area contributed by atoms with E-state index < -0.39 is 0 Å². The molecular weight excluding hydrogens is 318 g/mol. The Kier molecular flexibility index (Phi) is 5.34. The molecule has 1 aromatic heterocycles. The molecule has 0 saturated carbocycles. The molecule has 0 spiro atoms. The van der Waals surface area contributed by atoms with E-state index in [0.29, 0.717) is 6.61 Å². The fraction of sp³-hybridized carbons (Fsp3) is 0.400. The second kappa shape index (κ2) is 7.02. The first-order valence-electron chi connectivity index (χ1n) is 6.82. The Balaban J connectivity index is 2.36. The molecule has 0 aliphatic heterocycles. The summed E-state index contributed by atoms with van der Waals surface area (Å²) >= 11 is 3.53. The van der Waals surface area contributed by atoms with Crippen LogP contribution in [0.4, 0.5) is 0 Å². The minimum Gasteiger partial charge on any atom is -0.372 e. The summed E-state index contributed by atoms with van der Waals surface area (Å²) in [6, 6.07) is 9.81. The number of ether oxygens (including phenoxy) is 1. The van der Waals surface area contributed by atoms with E-state index >= 15 is 0 Å². The predicted molar refractivity (Wildman–Crippen MR) is 83.3 cm³/mol. The van der Waals surface area contributed by atoms with E-state index in [2.05, 4.69) is 21.0 Å². The number of hydrogen-bond acceptors (Lipinski definition) is 3. The topological polar surface area (TPSA) is 53.1 Å². The quantitative estimate of drug-likeness (QED) is 0.878. The van der Waals surface area contributed by atoms with Crippen molar-refractivity contribution in [2.24, 2.45) is 5.73 Å². The number of benzene rings is 1. The molecule has 0 amide bonds. The third-order valence-electron chi connectivity index (χ3n) is 3.25. The largest absolute Gasteiger partial charge is 0.372 e. The van der Waals surface area contributed by atoms with Crippen molar-refractivity contribution >= 4 is 15.9 Å². The van der Waals surface area contributed by atoms with Gasteiger partial charge in [-0.3, -0.25) is 4.68 Å². The molecular formula is C15H20BrN3O. The van der Waals surface area contributed by atoms with Gasteiger partial charge in [0.25, 0.3) is 0 Å². The van der Waals surface area contributed by atoms with Crippen LogP contribution in [-0.2, 0) is 11.3 Å². The summed E-state index contributed by atoms with van der Waals surface area (Å²) in [4.78, 5) is 0. The zero-order valence-electron chi connectivity index (χ0n) is 11.8. The molecule has 5 heteroatoms. The molecule has 0 aliphatic carbocycles. The van der Waals surface area contributed by atoms with Crippen LogP contribution in [0.5, 0.6) is 0 Å². The van der Waals surface area contributed by atoms with Gasteiger partial charge < -0.3 is 10.5 Å². The highest BCUT2D eigenvalue weighted by Crippen LogP contribution is 2.33. The van der Waals surface area contributed by atoms with Crippen molar-refractivity contribution in [1.82, 2.24) is 9.78 Å². The zero-order chi connectivity index (χ0) is 14.5. The van der Waals surface area contributed by atoms with E-state index in [1.807, 2.05) is 48.9 Å². The average Bonchev–Trinajstić information content (AvgIpc) is 2.86. The SMILES string of the molecule is CCOC(c1ccccc1)C(N)c1c(Br)cnn1CC. The maximum atomic E-state index is 6.46. The van der Waals surface area contributed by atoms with Gasteiger partial charge in [0, 0.05) is 13.2 Å². The molecule has 2 aromatic rings. The lowest BCUT2D eigenvalue weighted by Gasteiger charge is -2.25. The van der Waals surface area contributed by atoms with Crippen LogP contribution in [-0.4, -0.2) is 16.4 Å². The van der Waals surface area contributed by atoms with E-state index in [9.17, 15) is 0 Å². The minimum absolute atomic E-state index is 0.181. The number of nitrogens with two attached hydrogens (primary N) is 1. The van der Waals surface area contributed by atoms with Crippen molar-refractivity contribution in [3.05, 3.63) is 52.3 Å². The van der Waals surface area contributed by atoms with Gasteiger partial charge in [0.1, 0.15) is 6.10 Å². The van der Waals surface area contributed by atoms with Crippen LogP contribution in [0.25, 0.3) is 0 Å². The second-order valence-electron chi connectivity index (χ2n) is 4.51. The molecule has 0 saturated heterocycles. The average molecular weight is 338 g/mol. The van der Waals surface area contributed by atoms with Crippen molar-refractivity contribution in [2.75, 3.05) is 6.61 Å². The van der Waals surface area contributed by atoms with Gasteiger partial charge in [-0.2, -0.15) is 5.10 Å². The fourth-order valence-corrected chi connectivity index (χ4v) is 2.89. The predicted octanol–water partition coefficient (Wildman–Crippen LogP) is 3.44. The number of hydrogen-bond donors (Lipinski definition) is 1. The van der Waals surface area contributed by atoms with Crippen molar-refractivity contribution in [2.45, 2.75) is 32.5 Å². The molecule has 108 valence electrons. The molecule has 0 aliphatic rings. The first-order chi connectivity index (χ1) is 9.69. The molecule has 2 atom stereocenters. The van der Waals surface area contributed by atoms with Crippen LogP contribution in [0.15, 0.2) is 41.0 Å². The summed E-state index contributed by atoms with van der Waals surface area (Å²) in [7, 11) is 0. The Morgan fingerprint density at radius 3 is 2.60 bits per heavy atom. The van der Waals surface area contributed by atoms with Gasteiger partial charge in [0.15, 0.2) is 0 Å². The van der Waals surface area contributed by atoms with Crippen LogP contribution >= 0.6 is 15.9 Å². The first kappa shape index (κ1) is 15.2. The maximum absolute atomic E-state index is 6.46. The molecule has 0 radical (unpaired) electrons. The van der Waals surface area contributed by atoms with Gasteiger partial charge in [-0.1, -0.05) is 30.3 Å². The second-order valence-corrected chi connectivity index (χ2v) is 5.36. The standard InChI is InChI=1S/C15H20BrN3O/c1-3-19-14(12(16)10-18-19)13(17)15(20-4-2)11-8-6-5-7-9-11/h5-10,13,15H,3-4,17H2,1-2H3. The van der Waals surface area contributed by atoms with Crippen molar-refractivity contribution in [1.29, 1.82) is 0 Å². The highest BCUT2D eigenvalue weighted by atomic mass is 79.9. The molecule has 4 nitrogen and oxygen atoms in total. The fourth-order valence-electron chi connectivity index (χ4n) is 2.33. The molecule has 20 heavy (non-hydrogen) atoms. The van der Waals surface area contributed by atoms with Gasteiger partial charge >= 0.3 is 0 Å². The van der Waals surface area contributed by atoms with Crippen LogP contribution in [0.1, 0.15) is 37.3 Å². The molecule has 2 rings (SSSR count). The van der Waals surface area contributed by atoms with Gasteiger partial charge in [-0.15, -0.1) is 0 Å². The van der Waals surface area contributed by atoms with Crippen molar-refractivity contribution < 1.29 is 4.74 Å². The Labute approximate surface area is 128 Å². The summed E-state index contributed by atoms with van der Waals surface area (Å²) in [6.45, 7) is 5.43. The highest BCUT2D eigenvalue weighted by Gasteiger charge is 2.26.